The summed E-state index contributed by atoms with van der Waals surface area (Å²) < 4.78 is 42.2. The predicted octanol–water partition coefficient (Wildman–Crippen LogP) is 3.39. The molecule has 0 saturated carbocycles. The average Bonchev–Trinajstić information content (AvgIpc) is 2.80. The molecule has 0 aliphatic rings. The van der Waals surface area contributed by atoms with Gasteiger partial charge in [-0.05, 0) is 45.5 Å². The lowest BCUT2D eigenvalue weighted by atomic mass is 10.1. The second kappa shape index (κ2) is 7.99. The SMILES string of the molecule is Cc1nn(C)c(C)c1NC(=O)[C@H](C)N(C)Cc1ccc(OC(F)(F)F)cc1. The van der Waals surface area contributed by atoms with Crippen LogP contribution in [0.3, 0.4) is 0 Å². The van der Waals surface area contributed by atoms with Crippen molar-refractivity contribution in [1.29, 1.82) is 0 Å². The van der Waals surface area contributed by atoms with Crippen LogP contribution in [0, 0.1) is 13.8 Å². The summed E-state index contributed by atoms with van der Waals surface area (Å²) in [6, 6.07) is 5.14. The van der Waals surface area contributed by atoms with E-state index in [4.69, 9.17) is 0 Å². The minimum atomic E-state index is -4.71. The zero-order valence-corrected chi connectivity index (χ0v) is 15.9. The van der Waals surface area contributed by atoms with E-state index in [2.05, 4.69) is 15.2 Å². The first-order chi connectivity index (χ1) is 12.5. The number of aromatic nitrogens is 2. The van der Waals surface area contributed by atoms with Gasteiger partial charge in [0.1, 0.15) is 5.75 Å². The molecule has 0 fully saturated rings. The smallest absolute Gasteiger partial charge is 0.406 e. The van der Waals surface area contributed by atoms with Gasteiger partial charge in [0.05, 0.1) is 23.1 Å². The quantitative estimate of drug-likeness (QED) is 0.829. The molecular weight excluding hydrogens is 361 g/mol. The Balaban J connectivity index is 1.98. The van der Waals surface area contributed by atoms with Crippen LogP contribution in [-0.4, -0.2) is 40.0 Å². The molecular formula is C18H23F3N4O2. The minimum absolute atomic E-state index is 0.186. The van der Waals surface area contributed by atoms with E-state index in [1.807, 2.05) is 13.8 Å². The number of hydrogen-bond acceptors (Lipinski definition) is 4. The highest BCUT2D eigenvalue weighted by Gasteiger charge is 2.31. The van der Waals surface area contributed by atoms with Gasteiger partial charge in [0.2, 0.25) is 5.91 Å². The first-order valence-corrected chi connectivity index (χ1v) is 8.34. The number of carbonyl (C=O) groups is 1. The van der Waals surface area contributed by atoms with E-state index >= 15 is 0 Å². The highest BCUT2D eigenvalue weighted by molar-refractivity contribution is 5.95. The van der Waals surface area contributed by atoms with Crippen molar-refractivity contribution in [2.45, 2.75) is 39.7 Å². The van der Waals surface area contributed by atoms with Crippen molar-refractivity contribution in [1.82, 2.24) is 14.7 Å². The summed E-state index contributed by atoms with van der Waals surface area (Å²) in [6.07, 6.45) is -4.71. The highest BCUT2D eigenvalue weighted by Crippen LogP contribution is 2.23. The summed E-state index contributed by atoms with van der Waals surface area (Å²) in [6.45, 7) is 5.85. The number of aryl methyl sites for hydroxylation is 2. The molecule has 1 N–H and O–H groups in total. The molecule has 0 aliphatic carbocycles. The lowest BCUT2D eigenvalue weighted by Gasteiger charge is -2.24. The topological polar surface area (TPSA) is 59.4 Å². The molecule has 0 bridgehead atoms. The number of halogens is 3. The molecule has 1 amide bonds. The molecule has 1 atom stereocenters. The summed E-state index contributed by atoms with van der Waals surface area (Å²) in [5, 5.41) is 7.16. The molecule has 1 heterocycles. The number of carbonyl (C=O) groups excluding carboxylic acids is 1. The van der Waals surface area contributed by atoms with Crippen LogP contribution in [0.4, 0.5) is 18.9 Å². The van der Waals surface area contributed by atoms with E-state index < -0.39 is 12.4 Å². The minimum Gasteiger partial charge on any atom is -0.406 e. The van der Waals surface area contributed by atoms with Gasteiger partial charge >= 0.3 is 6.36 Å². The van der Waals surface area contributed by atoms with Crippen molar-refractivity contribution in [3.8, 4) is 5.75 Å². The Morgan fingerprint density at radius 2 is 1.89 bits per heavy atom. The first kappa shape index (κ1) is 20.8. The number of nitrogens with zero attached hydrogens (tertiary/aromatic N) is 3. The zero-order chi connectivity index (χ0) is 20.4. The Kier molecular flexibility index (Phi) is 6.15. The predicted molar refractivity (Wildman–Crippen MR) is 95.4 cm³/mol. The van der Waals surface area contributed by atoms with E-state index in [0.29, 0.717) is 12.2 Å². The van der Waals surface area contributed by atoms with E-state index in [-0.39, 0.29) is 11.7 Å². The van der Waals surface area contributed by atoms with Crippen LogP contribution in [0.5, 0.6) is 5.75 Å². The lowest BCUT2D eigenvalue weighted by Crippen LogP contribution is -2.39. The van der Waals surface area contributed by atoms with E-state index in [9.17, 15) is 18.0 Å². The van der Waals surface area contributed by atoms with Gasteiger partial charge in [-0.2, -0.15) is 5.10 Å². The summed E-state index contributed by atoms with van der Waals surface area (Å²) in [5.41, 5.74) is 3.05. The van der Waals surface area contributed by atoms with Crippen molar-refractivity contribution in [2.24, 2.45) is 7.05 Å². The van der Waals surface area contributed by atoms with Crippen molar-refractivity contribution in [2.75, 3.05) is 12.4 Å². The Labute approximate surface area is 155 Å². The fraction of sp³-hybridized carbons (Fsp3) is 0.444. The lowest BCUT2D eigenvalue weighted by molar-refractivity contribution is -0.274. The fourth-order valence-electron chi connectivity index (χ4n) is 2.60. The first-order valence-electron chi connectivity index (χ1n) is 8.34. The number of rotatable bonds is 6. The zero-order valence-electron chi connectivity index (χ0n) is 15.9. The number of hydrogen-bond donors (Lipinski definition) is 1. The van der Waals surface area contributed by atoms with Gasteiger partial charge < -0.3 is 10.1 Å². The molecule has 0 saturated heterocycles. The molecule has 1 aromatic carbocycles. The number of anilines is 1. The Bertz CT molecular complexity index is 800. The summed E-state index contributed by atoms with van der Waals surface area (Å²) >= 11 is 0. The molecule has 6 nitrogen and oxygen atoms in total. The van der Waals surface area contributed by atoms with Crippen LogP contribution < -0.4 is 10.1 Å². The number of benzene rings is 1. The maximum absolute atomic E-state index is 12.5. The molecule has 2 rings (SSSR count). The van der Waals surface area contributed by atoms with Gasteiger partial charge in [0.15, 0.2) is 0 Å². The van der Waals surface area contributed by atoms with Crippen LogP contribution >= 0.6 is 0 Å². The van der Waals surface area contributed by atoms with Crippen molar-refractivity contribution in [3.63, 3.8) is 0 Å². The number of amides is 1. The van der Waals surface area contributed by atoms with Crippen molar-refractivity contribution in [3.05, 3.63) is 41.2 Å². The monoisotopic (exact) mass is 384 g/mol. The number of nitrogens with one attached hydrogen (secondary N) is 1. The molecule has 0 spiro atoms. The summed E-state index contributed by atoms with van der Waals surface area (Å²) in [4.78, 5) is 14.3. The van der Waals surface area contributed by atoms with E-state index in [1.54, 1.807) is 30.6 Å². The van der Waals surface area contributed by atoms with Gasteiger partial charge in [-0.3, -0.25) is 14.4 Å². The second-order valence-electron chi connectivity index (χ2n) is 6.44. The molecule has 9 heteroatoms. The molecule has 0 aliphatic heterocycles. The third-order valence-corrected chi connectivity index (χ3v) is 4.39. The Morgan fingerprint density at radius 3 is 2.37 bits per heavy atom. The third-order valence-electron chi connectivity index (χ3n) is 4.39. The van der Waals surface area contributed by atoms with Gasteiger partial charge in [0, 0.05) is 13.6 Å². The Morgan fingerprint density at radius 1 is 1.30 bits per heavy atom. The number of alkyl halides is 3. The highest BCUT2D eigenvalue weighted by atomic mass is 19.4. The number of likely N-dealkylation sites (N-methyl/N-ethyl adjacent to an activating group) is 1. The second-order valence-corrected chi connectivity index (χ2v) is 6.44. The van der Waals surface area contributed by atoms with E-state index in [1.165, 1.54) is 24.3 Å². The van der Waals surface area contributed by atoms with Crippen LogP contribution in [-0.2, 0) is 18.4 Å². The molecule has 2 aromatic rings. The van der Waals surface area contributed by atoms with Crippen molar-refractivity contribution >= 4 is 11.6 Å². The van der Waals surface area contributed by atoms with Crippen LogP contribution in [0.15, 0.2) is 24.3 Å². The third kappa shape index (κ3) is 5.46. The van der Waals surface area contributed by atoms with E-state index in [0.717, 1.165) is 17.0 Å². The number of ether oxygens (including phenoxy) is 1. The van der Waals surface area contributed by atoms with Gasteiger partial charge in [-0.1, -0.05) is 12.1 Å². The molecule has 27 heavy (non-hydrogen) atoms. The fourth-order valence-corrected chi connectivity index (χ4v) is 2.60. The van der Waals surface area contributed by atoms with Gasteiger partial charge in [-0.25, -0.2) is 0 Å². The molecule has 0 unspecified atom stereocenters. The summed E-state index contributed by atoms with van der Waals surface area (Å²) in [7, 11) is 3.58. The molecule has 148 valence electrons. The maximum Gasteiger partial charge on any atom is 0.573 e. The molecule has 0 radical (unpaired) electrons. The largest absolute Gasteiger partial charge is 0.573 e. The summed E-state index contributed by atoms with van der Waals surface area (Å²) in [5.74, 6) is -0.462. The standard InChI is InChI=1S/C18H23F3N4O2/c1-11-16(12(2)25(5)23-11)22-17(26)13(3)24(4)10-14-6-8-15(9-7-14)27-18(19,20)21/h6-9,13H,10H2,1-5H3,(H,22,26)/t13-/m0/s1. The normalized spacial score (nSPS) is 12.9. The van der Waals surface area contributed by atoms with Gasteiger partial charge in [-0.15, -0.1) is 13.2 Å². The average molecular weight is 384 g/mol. The Hall–Kier alpha value is -2.55. The molecule has 1 aromatic heterocycles. The van der Waals surface area contributed by atoms with Crippen LogP contribution in [0.25, 0.3) is 0 Å². The van der Waals surface area contributed by atoms with Gasteiger partial charge in [0.25, 0.3) is 0 Å². The maximum atomic E-state index is 12.5. The van der Waals surface area contributed by atoms with Crippen molar-refractivity contribution < 1.29 is 22.7 Å². The van der Waals surface area contributed by atoms with Crippen LogP contribution in [0.2, 0.25) is 0 Å². The van der Waals surface area contributed by atoms with Crippen LogP contribution in [0.1, 0.15) is 23.9 Å².